The molecule has 1 aromatic rings. The van der Waals surface area contributed by atoms with Crippen LogP contribution in [-0.2, 0) is 4.79 Å². The molecule has 0 bridgehead atoms. The Kier molecular flexibility index (Phi) is 5.99. The van der Waals surface area contributed by atoms with Crippen molar-refractivity contribution in [1.29, 1.82) is 0 Å². The molecule has 0 aliphatic carbocycles. The van der Waals surface area contributed by atoms with E-state index in [1.165, 1.54) is 5.56 Å². The predicted molar refractivity (Wildman–Crippen MR) is 87.3 cm³/mol. The van der Waals surface area contributed by atoms with Crippen molar-refractivity contribution in [2.24, 2.45) is 0 Å². The first-order valence-electron chi connectivity index (χ1n) is 6.97. The summed E-state index contributed by atoms with van der Waals surface area (Å²) in [5, 5.41) is 1.22. The molecule has 0 radical (unpaired) electrons. The molecule has 20 heavy (non-hydrogen) atoms. The number of amides is 1. The van der Waals surface area contributed by atoms with Gasteiger partial charge in [0.1, 0.15) is 0 Å². The van der Waals surface area contributed by atoms with E-state index in [2.05, 4.69) is 12.6 Å². The lowest BCUT2D eigenvalue weighted by molar-refractivity contribution is -0.130. The van der Waals surface area contributed by atoms with E-state index in [9.17, 15) is 4.79 Å². The summed E-state index contributed by atoms with van der Waals surface area (Å²) in [6, 6.07) is 8.02. The van der Waals surface area contributed by atoms with Gasteiger partial charge in [-0.1, -0.05) is 35.9 Å². The maximum absolute atomic E-state index is 12.1. The first-order valence-corrected chi connectivity index (χ1v) is 8.39. The number of rotatable bonds is 4. The zero-order valence-electron chi connectivity index (χ0n) is 11.6. The van der Waals surface area contributed by atoms with Crippen molar-refractivity contribution in [3.8, 4) is 0 Å². The molecule has 0 saturated carbocycles. The second-order valence-electron chi connectivity index (χ2n) is 4.88. The zero-order chi connectivity index (χ0) is 14.4. The number of carbonyl (C=O) groups excluding carboxylic acids is 1. The largest absolute Gasteiger partial charge is 0.342 e. The highest BCUT2D eigenvalue weighted by molar-refractivity contribution is 7.99. The van der Waals surface area contributed by atoms with E-state index < -0.39 is 0 Å². The fraction of sp³-hybridized carbons (Fsp3) is 0.438. The molecule has 0 aromatic heterocycles. The number of allylic oxidation sites excluding steroid dienone is 1. The quantitative estimate of drug-likeness (QED) is 0.772. The Labute approximate surface area is 130 Å². The average molecular weight is 310 g/mol. The first-order chi connectivity index (χ1) is 9.72. The van der Waals surface area contributed by atoms with Crippen molar-refractivity contribution in [2.75, 3.05) is 18.8 Å². The second kappa shape index (κ2) is 7.75. The van der Waals surface area contributed by atoms with Gasteiger partial charge in [-0.15, -0.1) is 6.58 Å². The molecule has 108 valence electrons. The molecular formula is C16H20ClNOS. The molecule has 1 aromatic carbocycles. The second-order valence-corrected chi connectivity index (χ2v) is 6.60. The fourth-order valence-corrected chi connectivity index (χ4v) is 3.99. The van der Waals surface area contributed by atoms with Crippen molar-refractivity contribution in [2.45, 2.75) is 24.5 Å². The molecular weight excluding hydrogens is 290 g/mol. The summed E-state index contributed by atoms with van der Waals surface area (Å²) < 4.78 is 0. The van der Waals surface area contributed by atoms with E-state index in [1.807, 2.05) is 34.9 Å². The van der Waals surface area contributed by atoms with Crippen molar-refractivity contribution < 1.29 is 4.79 Å². The summed E-state index contributed by atoms with van der Waals surface area (Å²) in [4.78, 5) is 14.0. The smallest absolute Gasteiger partial charge is 0.222 e. The Bertz CT molecular complexity index is 477. The van der Waals surface area contributed by atoms with Crippen LogP contribution in [0.15, 0.2) is 36.9 Å². The van der Waals surface area contributed by atoms with Crippen LogP contribution >= 0.6 is 23.4 Å². The van der Waals surface area contributed by atoms with Crippen molar-refractivity contribution in [1.82, 2.24) is 4.90 Å². The lowest BCUT2D eigenvalue weighted by Gasteiger charge is -2.20. The maximum Gasteiger partial charge on any atom is 0.222 e. The Morgan fingerprint density at radius 1 is 1.45 bits per heavy atom. The summed E-state index contributed by atoms with van der Waals surface area (Å²) in [5.41, 5.74) is 1.19. The van der Waals surface area contributed by atoms with Gasteiger partial charge in [-0.25, -0.2) is 0 Å². The normalized spacial score (nSPS) is 19.4. The van der Waals surface area contributed by atoms with Crippen LogP contribution in [0.1, 0.15) is 30.1 Å². The molecule has 1 amide bonds. The number of halogens is 1. The Hall–Kier alpha value is -0.930. The van der Waals surface area contributed by atoms with Gasteiger partial charge in [0.25, 0.3) is 0 Å². The molecule has 1 heterocycles. The molecule has 2 nitrogen and oxygen atoms in total. The topological polar surface area (TPSA) is 20.3 Å². The number of carbonyl (C=O) groups is 1. The zero-order valence-corrected chi connectivity index (χ0v) is 13.1. The van der Waals surface area contributed by atoms with Crippen LogP contribution in [0.25, 0.3) is 0 Å². The molecule has 0 unspecified atom stereocenters. The molecule has 2 rings (SSSR count). The van der Waals surface area contributed by atoms with Crippen LogP contribution < -0.4 is 0 Å². The van der Waals surface area contributed by atoms with Gasteiger partial charge >= 0.3 is 0 Å². The predicted octanol–water partition coefficient (Wildman–Crippen LogP) is 4.31. The number of benzene rings is 1. The lowest BCUT2D eigenvalue weighted by Crippen LogP contribution is -2.32. The summed E-state index contributed by atoms with van der Waals surface area (Å²) in [6.07, 6.45) is 4.10. The highest BCUT2D eigenvalue weighted by Gasteiger charge is 2.22. The average Bonchev–Trinajstić information content (AvgIpc) is 2.71. The van der Waals surface area contributed by atoms with Gasteiger partial charge < -0.3 is 4.90 Å². The highest BCUT2D eigenvalue weighted by Crippen LogP contribution is 2.37. The third kappa shape index (κ3) is 4.03. The summed E-state index contributed by atoms with van der Waals surface area (Å²) in [7, 11) is 0. The van der Waals surface area contributed by atoms with E-state index in [0.717, 1.165) is 36.7 Å². The minimum atomic E-state index is 0.241. The molecule has 4 heteroatoms. The van der Waals surface area contributed by atoms with Crippen LogP contribution in [0.3, 0.4) is 0 Å². The Balaban J connectivity index is 1.97. The van der Waals surface area contributed by atoms with Crippen molar-refractivity contribution in [3.05, 3.63) is 47.5 Å². The SMILES string of the molecule is C=CCCC(=O)N1CCS[C@H](c2ccccc2Cl)CC1. The molecule has 0 N–H and O–H groups in total. The Morgan fingerprint density at radius 3 is 3.00 bits per heavy atom. The fourth-order valence-electron chi connectivity index (χ4n) is 2.39. The van der Waals surface area contributed by atoms with E-state index in [4.69, 9.17) is 11.6 Å². The number of hydrogen-bond donors (Lipinski definition) is 0. The molecule has 1 saturated heterocycles. The third-order valence-corrected chi connectivity index (χ3v) is 5.16. The van der Waals surface area contributed by atoms with Gasteiger partial charge in [0.15, 0.2) is 0 Å². The van der Waals surface area contributed by atoms with E-state index in [1.54, 1.807) is 6.08 Å². The van der Waals surface area contributed by atoms with Crippen LogP contribution in [0, 0.1) is 0 Å². The van der Waals surface area contributed by atoms with Crippen LogP contribution in [0.2, 0.25) is 5.02 Å². The van der Waals surface area contributed by atoms with Gasteiger partial charge in [0, 0.05) is 35.5 Å². The van der Waals surface area contributed by atoms with Crippen molar-refractivity contribution in [3.63, 3.8) is 0 Å². The Morgan fingerprint density at radius 2 is 2.25 bits per heavy atom. The summed E-state index contributed by atoms with van der Waals surface area (Å²) >= 11 is 8.17. The summed E-state index contributed by atoms with van der Waals surface area (Å²) in [5.74, 6) is 1.21. The number of hydrogen-bond acceptors (Lipinski definition) is 2. The minimum absolute atomic E-state index is 0.241. The summed E-state index contributed by atoms with van der Waals surface area (Å²) in [6.45, 7) is 5.32. The van der Waals surface area contributed by atoms with Crippen LogP contribution in [0.5, 0.6) is 0 Å². The molecule has 1 atom stereocenters. The van der Waals surface area contributed by atoms with Crippen molar-refractivity contribution >= 4 is 29.3 Å². The number of nitrogens with zero attached hydrogens (tertiary/aromatic N) is 1. The van der Waals surface area contributed by atoms with E-state index >= 15 is 0 Å². The van der Waals surface area contributed by atoms with E-state index in [-0.39, 0.29) is 5.91 Å². The molecule has 1 fully saturated rings. The van der Waals surface area contributed by atoms with Gasteiger partial charge in [0.05, 0.1) is 0 Å². The van der Waals surface area contributed by atoms with Gasteiger partial charge in [0.2, 0.25) is 5.91 Å². The van der Waals surface area contributed by atoms with Crippen LogP contribution in [0.4, 0.5) is 0 Å². The monoisotopic (exact) mass is 309 g/mol. The lowest BCUT2D eigenvalue weighted by atomic mass is 10.1. The first kappa shape index (κ1) is 15.5. The third-order valence-electron chi connectivity index (χ3n) is 3.51. The van der Waals surface area contributed by atoms with E-state index in [0.29, 0.717) is 11.7 Å². The van der Waals surface area contributed by atoms with Crippen LogP contribution in [-0.4, -0.2) is 29.6 Å². The minimum Gasteiger partial charge on any atom is -0.342 e. The molecule has 1 aliphatic rings. The molecule has 0 spiro atoms. The molecule has 1 aliphatic heterocycles. The highest BCUT2D eigenvalue weighted by atomic mass is 35.5. The maximum atomic E-state index is 12.1. The van der Waals surface area contributed by atoms with Gasteiger partial charge in [-0.2, -0.15) is 11.8 Å². The number of thioether (sulfide) groups is 1. The standard InChI is InChI=1S/C16H20ClNOS/c1-2-3-8-16(19)18-10-9-15(20-12-11-18)13-6-4-5-7-14(13)17/h2,4-7,15H,1,3,8-12H2/t15-/m0/s1. The van der Waals surface area contributed by atoms with Gasteiger partial charge in [-0.3, -0.25) is 4.79 Å². The van der Waals surface area contributed by atoms with Gasteiger partial charge in [-0.05, 0) is 24.5 Å².